The lowest BCUT2D eigenvalue weighted by Crippen LogP contribution is -2.17. The Kier molecular flexibility index (Phi) is 5.63. The number of hydrogen-bond acceptors (Lipinski definition) is 4. The number of benzene rings is 2. The highest BCUT2D eigenvalue weighted by molar-refractivity contribution is 5.70. The van der Waals surface area contributed by atoms with Crippen LogP contribution >= 0.6 is 0 Å². The highest BCUT2D eigenvalue weighted by Gasteiger charge is 2.24. The molecule has 0 spiro atoms. The minimum absolute atomic E-state index is 0.0168. The molecule has 0 radical (unpaired) electrons. The Balaban J connectivity index is 2.32. The molecule has 0 heterocycles. The van der Waals surface area contributed by atoms with Crippen molar-refractivity contribution in [2.24, 2.45) is 5.92 Å². The third-order valence-corrected chi connectivity index (χ3v) is 3.87. The number of ether oxygens (including phenoxy) is 1. The SMILES string of the molecule is CCOC(=O)CC(C)C(c1ccc(O)cc1)c1ccc(O)cc1. The lowest BCUT2D eigenvalue weighted by atomic mass is 9.80. The Morgan fingerprint density at radius 2 is 1.39 bits per heavy atom. The van der Waals surface area contributed by atoms with Crippen molar-refractivity contribution in [1.82, 2.24) is 0 Å². The van der Waals surface area contributed by atoms with E-state index in [0.29, 0.717) is 13.0 Å². The summed E-state index contributed by atoms with van der Waals surface area (Å²) in [5.74, 6) is 0.179. The first kappa shape index (κ1) is 16.9. The van der Waals surface area contributed by atoms with Gasteiger partial charge < -0.3 is 14.9 Å². The van der Waals surface area contributed by atoms with Gasteiger partial charge in [0.1, 0.15) is 11.5 Å². The molecule has 122 valence electrons. The molecule has 2 N–H and O–H groups in total. The summed E-state index contributed by atoms with van der Waals surface area (Å²) in [6.07, 6.45) is 0.306. The fourth-order valence-electron chi connectivity index (χ4n) is 2.81. The zero-order chi connectivity index (χ0) is 16.8. The molecule has 0 aromatic heterocycles. The van der Waals surface area contributed by atoms with Crippen LogP contribution in [0.2, 0.25) is 0 Å². The molecule has 1 unspecified atom stereocenters. The van der Waals surface area contributed by atoms with Crippen LogP contribution in [0, 0.1) is 5.92 Å². The summed E-state index contributed by atoms with van der Waals surface area (Å²) in [7, 11) is 0. The Bertz CT molecular complexity index is 586. The molecule has 2 rings (SSSR count). The van der Waals surface area contributed by atoms with Gasteiger partial charge in [0.15, 0.2) is 0 Å². The van der Waals surface area contributed by atoms with Crippen molar-refractivity contribution in [2.75, 3.05) is 6.61 Å². The summed E-state index contributed by atoms with van der Waals surface area (Å²) in [6.45, 7) is 4.16. The Hall–Kier alpha value is -2.49. The summed E-state index contributed by atoms with van der Waals surface area (Å²) in [5, 5.41) is 19.0. The maximum absolute atomic E-state index is 11.8. The van der Waals surface area contributed by atoms with Gasteiger partial charge in [0.05, 0.1) is 6.61 Å². The molecule has 0 saturated carbocycles. The molecule has 4 heteroatoms. The molecule has 2 aromatic rings. The maximum Gasteiger partial charge on any atom is 0.306 e. The van der Waals surface area contributed by atoms with E-state index in [0.717, 1.165) is 11.1 Å². The van der Waals surface area contributed by atoms with Crippen LogP contribution in [0.5, 0.6) is 11.5 Å². The number of hydrogen-bond donors (Lipinski definition) is 2. The van der Waals surface area contributed by atoms with Gasteiger partial charge in [-0.3, -0.25) is 4.79 Å². The van der Waals surface area contributed by atoms with E-state index < -0.39 is 0 Å². The van der Waals surface area contributed by atoms with Crippen LogP contribution in [-0.2, 0) is 9.53 Å². The Morgan fingerprint density at radius 3 is 1.78 bits per heavy atom. The van der Waals surface area contributed by atoms with Crippen LogP contribution in [0.4, 0.5) is 0 Å². The van der Waals surface area contributed by atoms with Gasteiger partial charge in [0.2, 0.25) is 0 Å². The molecule has 23 heavy (non-hydrogen) atoms. The molecule has 2 aromatic carbocycles. The molecule has 0 saturated heterocycles. The minimum Gasteiger partial charge on any atom is -0.508 e. The number of esters is 1. The fourth-order valence-corrected chi connectivity index (χ4v) is 2.81. The van der Waals surface area contributed by atoms with E-state index in [1.807, 2.05) is 31.2 Å². The predicted octanol–water partition coefficient (Wildman–Crippen LogP) is 3.82. The van der Waals surface area contributed by atoms with Crippen molar-refractivity contribution >= 4 is 5.97 Å². The molecule has 1 atom stereocenters. The van der Waals surface area contributed by atoms with Gasteiger partial charge in [-0.1, -0.05) is 31.2 Å². The zero-order valence-corrected chi connectivity index (χ0v) is 13.4. The summed E-state index contributed by atoms with van der Waals surface area (Å²) in [6, 6.07) is 14.0. The second kappa shape index (κ2) is 7.68. The van der Waals surface area contributed by atoms with Crippen LogP contribution < -0.4 is 0 Å². The number of rotatable bonds is 6. The third-order valence-electron chi connectivity index (χ3n) is 3.87. The minimum atomic E-state index is -0.220. The van der Waals surface area contributed by atoms with Crippen molar-refractivity contribution < 1.29 is 19.7 Å². The van der Waals surface area contributed by atoms with E-state index >= 15 is 0 Å². The zero-order valence-electron chi connectivity index (χ0n) is 13.4. The van der Waals surface area contributed by atoms with Gasteiger partial charge in [-0.25, -0.2) is 0 Å². The van der Waals surface area contributed by atoms with E-state index in [1.165, 1.54) is 0 Å². The van der Waals surface area contributed by atoms with Crippen molar-refractivity contribution in [3.8, 4) is 11.5 Å². The standard InChI is InChI=1S/C19H22O4/c1-3-23-18(22)12-13(2)19(14-4-8-16(20)9-5-14)15-6-10-17(21)11-7-15/h4-11,13,19-21H,3,12H2,1-2H3. The number of carbonyl (C=O) groups is 1. The van der Waals surface area contributed by atoms with Gasteiger partial charge >= 0.3 is 5.97 Å². The van der Waals surface area contributed by atoms with E-state index in [4.69, 9.17) is 4.74 Å². The molecular formula is C19H22O4. The second-order valence-corrected chi connectivity index (χ2v) is 5.65. The van der Waals surface area contributed by atoms with Gasteiger partial charge in [-0.05, 0) is 48.2 Å². The first-order chi connectivity index (χ1) is 11.0. The highest BCUT2D eigenvalue weighted by Crippen LogP contribution is 2.35. The molecule has 0 aliphatic rings. The van der Waals surface area contributed by atoms with E-state index in [2.05, 4.69) is 0 Å². The second-order valence-electron chi connectivity index (χ2n) is 5.65. The third kappa shape index (κ3) is 4.49. The monoisotopic (exact) mass is 314 g/mol. The predicted molar refractivity (Wildman–Crippen MR) is 88.5 cm³/mol. The summed E-state index contributed by atoms with van der Waals surface area (Å²) < 4.78 is 5.05. The van der Waals surface area contributed by atoms with Crippen molar-refractivity contribution in [3.63, 3.8) is 0 Å². The molecule has 4 nitrogen and oxygen atoms in total. The van der Waals surface area contributed by atoms with Crippen LogP contribution in [-0.4, -0.2) is 22.8 Å². The maximum atomic E-state index is 11.8. The molecule has 0 fully saturated rings. The molecule has 0 aliphatic heterocycles. The van der Waals surface area contributed by atoms with E-state index in [9.17, 15) is 15.0 Å². The Labute approximate surface area is 136 Å². The highest BCUT2D eigenvalue weighted by atomic mass is 16.5. The summed E-state index contributed by atoms with van der Waals surface area (Å²) >= 11 is 0. The van der Waals surface area contributed by atoms with Crippen LogP contribution in [0.25, 0.3) is 0 Å². The lowest BCUT2D eigenvalue weighted by molar-refractivity contribution is -0.144. The molecule has 0 bridgehead atoms. The van der Waals surface area contributed by atoms with Crippen molar-refractivity contribution in [1.29, 1.82) is 0 Å². The van der Waals surface area contributed by atoms with Crippen molar-refractivity contribution in [3.05, 3.63) is 59.7 Å². The smallest absolute Gasteiger partial charge is 0.306 e. The average Bonchev–Trinajstić information content (AvgIpc) is 2.51. The number of aromatic hydroxyl groups is 2. The molecular weight excluding hydrogens is 292 g/mol. The van der Waals surface area contributed by atoms with Crippen LogP contribution in [0.15, 0.2) is 48.5 Å². The lowest BCUT2D eigenvalue weighted by Gasteiger charge is -2.24. The van der Waals surface area contributed by atoms with Gasteiger partial charge in [0, 0.05) is 12.3 Å². The summed E-state index contributed by atoms with van der Waals surface area (Å²) in [4.78, 5) is 11.8. The summed E-state index contributed by atoms with van der Waals surface area (Å²) in [5.41, 5.74) is 2.01. The van der Waals surface area contributed by atoms with Gasteiger partial charge in [0.25, 0.3) is 0 Å². The molecule has 0 amide bonds. The van der Waals surface area contributed by atoms with E-state index in [-0.39, 0.29) is 29.3 Å². The number of carbonyl (C=O) groups excluding carboxylic acids is 1. The van der Waals surface area contributed by atoms with Gasteiger partial charge in [-0.15, -0.1) is 0 Å². The first-order valence-electron chi connectivity index (χ1n) is 7.74. The molecule has 0 aliphatic carbocycles. The average molecular weight is 314 g/mol. The van der Waals surface area contributed by atoms with Crippen LogP contribution in [0.3, 0.4) is 0 Å². The topological polar surface area (TPSA) is 66.8 Å². The largest absolute Gasteiger partial charge is 0.508 e. The normalized spacial score (nSPS) is 12.1. The first-order valence-corrected chi connectivity index (χ1v) is 7.74. The quantitative estimate of drug-likeness (QED) is 0.796. The Morgan fingerprint density at radius 1 is 0.957 bits per heavy atom. The van der Waals surface area contributed by atoms with Crippen molar-refractivity contribution in [2.45, 2.75) is 26.2 Å². The van der Waals surface area contributed by atoms with E-state index in [1.54, 1.807) is 31.2 Å². The fraction of sp³-hybridized carbons (Fsp3) is 0.316. The van der Waals surface area contributed by atoms with Gasteiger partial charge in [-0.2, -0.15) is 0 Å². The van der Waals surface area contributed by atoms with Crippen LogP contribution in [0.1, 0.15) is 37.3 Å². The number of phenols is 2. The number of phenolic OH excluding ortho intramolecular Hbond substituents is 2.